The molecule has 0 aliphatic heterocycles. The van der Waals surface area contributed by atoms with Crippen molar-refractivity contribution in [2.24, 2.45) is 29.1 Å². The molecule has 0 aromatic heterocycles. The smallest absolute Gasteiger partial charge is 0.00854 e. The van der Waals surface area contributed by atoms with E-state index in [9.17, 15) is 0 Å². The molecule has 0 saturated heterocycles. The lowest BCUT2D eigenvalue weighted by Crippen LogP contribution is -2.40. The molecular formula is C20H38. The van der Waals surface area contributed by atoms with Crippen LogP contribution in [-0.2, 0) is 0 Å². The van der Waals surface area contributed by atoms with Gasteiger partial charge in [-0.25, -0.2) is 0 Å². The molecule has 0 bridgehead atoms. The summed E-state index contributed by atoms with van der Waals surface area (Å²) < 4.78 is 0. The van der Waals surface area contributed by atoms with E-state index >= 15 is 0 Å². The minimum absolute atomic E-state index is 0.556. The summed E-state index contributed by atoms with van der Waals surface area (Å²) in [5, 5.41) is 0. The molecule has 118 valence electrons. The Balaban J connectivity index is 0.000000444. The van der Waals surface area contributed by atoms with Gasteiger partial charge in [0.15, 0.2) is 0 Å². The molecule has 20 heavy (non-hydrogen) atoms. The first-order valence-electron chi connectivity index (χ1n) is 9.02. The fourth-order valence-corrected chi connectivity index (χ4v) is 4.42. The van der Waals surface area contributed by atoms with Crippen molar-refractivity contribution in [3.05, 3.63) is 11.6 Å². The van der Waals surface area contributed by atoms with Gasteiger partial charge in [0.1, 0.15) is 0 Å². The van der Waals surface area contributed by atoms with Crippen LogP contribution in [0.2, 0.25) is 0 Å². The molecule has 0 radical (unpaired) electrons. The zero-order valence-electron chi connectivity index (χ0n) is 15.1. The SMILES string of the molecule is CC(C)C.CCC1C(C(C)C)CC=C2CCCC[C@@]21C. The summed E-state index contributed by atoms with van der Waals surface area (Å²) in [6, 6.07) is 0. The largest absolute Gasteiger partial charge is 0.0845 e. The second-order valence-electron chi connectivity index (χ2n) is 8.24. The molecule has 0 spiro atoms. The van der Waals surface area contributed by atoms with E-state index in [1.54, 1.807) is 0 Å². The first kappa shape index (κ1) is 17.8. The van der Waals surface area contributed by atoms with Crippen LogP contribution >= 0.6 is 0 Å². The highest BCUT2D eigenvalue weighted by molar-refractivity contribution is 5.22. The fourth-order valence-electron chi connectivity index (χ4n) is 4.42. The lowest BCUT2D eigenvalue weighted by atomic mass is 9.55. The highest BCUT2D eigenvalue weighted by Gasteiger charge is 2.44. The normalized spacial score (nSPS) is 33.4. The van der Waals surface area contributed by atoms with E-state index in [4.69, 9.17) is 0 Å². The Morgan fingerprint density at radius 1 is 1.15 bits per heavy atom. The van der Waals surface area contributed by atoms with Crippen molar-refractivity contribution >= 4 is 0 Å². The zero-order valence-corrected chi connectivity index (χ0v) is 15.1. The van der Waals surface area contributed by atoms with Gasteiger partial charge in [-0.2, -0.15) is 0 Å². The van der Waals surface area contributed by atoms with E-state index in [1.807, 2.05) is 5.57 Å². The molecule has 2 aliphatic rings. The van der Waals surface area contributed by atoms with E-state index in [0.29, 0.717) is 5.41 Å². The van der Waals surface area contributed by atoms with Gasteiger partial charge in [-0.15, -0.1) is 0 Å². The molecule has 0 nitrogen and oxygen atoms in total. The van der Waals surface area contributed by atoms with Crippen molar-refractivity contribution in [2.45, 2.75) is 87.0 Å². The number of fused-ring (bicyclic) bond motifs is 1. The van der Waals surface area contributed by atoms with E-state index in [2.05, 4.69) is 54.5 Å². The van der Waals surface area contributed by atoms with Gasteiger partial charge in [-0.05, 0) is 54.8 Å². The van der Waals surface area contributed by atoms with Crippen molar-refractivity contribution in [2.75, 3.05) is 0 Å². The van der Waals surface area contributed by atoms with Gasteiger partial charge in [0, 0.05) is 0 Å². The molecule has 2 unspecified atom stereocenters. The predicted octanol–water partition coefficient (Wildman–Crippen LogP) is 6.86. The molecule has 1 fully saturated rings. The molecular weight excluding hydrogens is 240 g/mol. The summed E-state index contributed by atoms with van der Waals surface area (Å²) in [7, 11) is 0. The molecule has 0 amide bonds. The molecule has 0 heterocycles. The fraction of sp³-hybridized carbons (Fsp3) is 0.900. The Morgan fingerprint density at radius 2 is 1.75 bits per heavy atom. The Bertz CT molecular complexity index is 307. The summed E-state index contributed by atoms with van der Waals surface area (Å²) in [5.74, 6) is 3.55. The van der Waals surface area contributed by atoms with Crippen LogP contribution in [0.4, 0.5) is 0 Å². The summed E-state index contributed by atoms with van der Waals surface area (Å²) in [5.41, 5.74) is 2.36. The Morgan fingerprint density at radius 3 is 2.25 bits per heavy atom. The quantitative estimate of drug-likeness (QED) is 0.484. The van der Waals surface area contributed by atoms with E-state index in [0.717, 1.165) is 23.7 Å². The van der Waals surface area contributed by atoms with Crippen molar-refractivity contribution in [1.29, 1.82) is 0 Å². The first-order valence-corrected chi connectivity index (χ1v) is 9.02. The number of hydrogen-bond donors (Lipinski definition) is 0. The molecule has 2 aliphatic carbocycles. The first-order chi connectivity index (χ1) is 9.32. The summed E-state index contributed by atoms with van der Waals surface area (Å²) in [4.78, 5) is 0. The Kier molecular flexibility index (Phi) is 6.82. The lowest BCUT2D eigenvalue weighted by molar-refractivity contribution is 0.0784. The third-order valence-corrected chi connectivity index (χ3v) is 5.39. The molecule has 0 N–H and O–H groups in total. The number of rotatable bonds is 2. The van der Waals surface area contributed by atoms with Gasteiger partial charge in [-0.1, -0.05) is 73.0 Å². The topological polar surface area (TPSA) is 0 Å². The maximum Gasteiger partial charge on any atom is -0.00854 e. The van der Waals surface area contributed by atoms with Crippen LogP contribution in [-0.4, -0.2) is 0 Å². The van der Waals surface area contributed by atoms with Crippen LogP contribution in [0.15, 0.2) is 11.6 Å². The standard InChI is InChI=1S/C16H28.C4H10/c1-5-15-14(12(2)3)10-9-13-8-6-7-11-16(13,15)4;1-4(2)3/h9,12,14-15H,5-8,10-11H2,1-4H3;4H,1-3H3/t14?,15?,16-;/m0./s1. The maximum absolute atomic E-state index is 2.61. The average molecular weight is 279 g/mol. The number of hydrogen-bond acceptors (Lipinski definition) is 0. The van der Waals surface area contributed by atoms with Crippen LogP contribution < -0.4 is 0 Å². The zero-order chi connectivity index (χ0) is 15.3. The molecule has 0 aromatic carbocycles. The average Bonchev–Trinajstić information content (AvgIpc) is 2.35. The monoisotopic (exact) mass is 278 g/mol. The van der Waals surface area contributed by atoms with Crippen LogP contribution in [0.5, 0.6) is 0 Å². The molecule has 3 atom stereocenters. The minimum atomic E-state index is 0.556. The van der Waals surface area contributed by atoms with Crippen LogP contribution in [0.1, 0.15) is 87.0 Å². The van der Waals surface area contributed by atoms with E-state index in [-0.39, 0.29) is 0 Å². The predicted molar refractivity (Wildman–Crippen MR) is 91.9 cm³/mol. The van der Waals surface area contributed by atoms with Crippen molar-refractivity contribution < 1.29 is 0 Å². The summed E-state index contributed by atoms with van der Waals surface area (Å²) in [6.07, 6.45) is 11.0. The summed E-state index contributed by atoms with van der Waals surface area (Å²) in [6.45, 7) is 16.3. The Hall–Kier alpha value is -0.260. The second kappa shape index (κ2) is 7.66. The van der Waals surface area contributed by atoms with Gasteiger partial charge in [0.25, 0.3) is 0 Å². The molecule has 1 saturated carbocycles. The van der Waals surface area contributed by atoms with E-state index in [1.165, 1.54) is 38.5 Å². The van der Waals surface area contributed by atoms with Gasteiger partial charge in [0.05, 0.1) is 0 Å². The minimum Gasteiger partial charge on any atom is -0.0845 e. The molecule has 2 rings (SSSR count). The van der Waals surface area contributed by atoms with Gasteiger partial charge in [0.2, 0.25) is 0 Å². The van der Waals surface area contributed by atoms with Crippen LogP contribution in [0.3, 0.4) is 0 Å². The second-order valence-corrected chi connectivity index (χ2v) is 8.24. The van der Waals surface area contributed by atoms with Crippen molar-refractivity contribution in [3.63, 3.8) is 0 Å². The number of allylic oxidation sites excluding steroid dienone is 2. The van der Waals surface area contributed by atoms with Gasteiger partial charge < -0.3 is 0 Å². The van der Waals surface area contributed by atoms with Crippen LogP contribution in [0, 0.1) is 29.1 Å². The van der Waals surface area contributed by atoms with E-state index < -0.39 is 0 Å². The lowest BCUT2D eigenvalue weighted by Gasteiger charge is -2.50. The highest BCUT2D eigenvalue weighted by atomic mass is 14.5. The maximum atomic E-state index is 2.61. The third kappa shape index (κ3) is 4.12. The molecule has 0 aromatic rings. The van der Waals surface area contributed by atoms with Crippen molar-refractivity contribution in [1.82, 2.24) is 0 Å². The third-order valence-electron chi connectivity index (χ3n) is 5.39. The Labute approximate surface area is 128 Å². The molecule has 0 heteroatoms. The van der Waals surface area contributed by atoms with Gasteiger partial charge in [-0.3, -0.25) is 0 Å². The van der Waals surface area contributed by atoms with Crippen LogP contribution in [0.25, 0.3) is 0 Å². The highest BCUT2D eigenvalue weighted by Crippen LogP contribution is 2.54. The van der Waals surface area contributed by atoms with Crippen molar-refractivity contribution in [3.8, 4) is 0 Å². The van der Waals surface area contributed by atoms with Gasteiger partial charge >= 0.3 is 0 Å². The summed E-state index contributed by atoms with van der Waals surface area (Å²) >= 11 is 0.